The van der Waals surface area contributed by atoms with Crippen molar-refractivity contribution in [1.82, 2.24) is 4.57 Å². The number of rotatable bonds is 5. The summed E-state index contributed by atoms with van der Waals surface area (Å²) in [5.74, 6) is 0.554. The van der Waals surface area contributed by atoms with Gasteiger partial charge in [0.15, 0.2) is 0 Å². The predicted molar refractivity (Wildman–Crippen MR) is 204 cm³/mol. The van der Waals surface area contributed by atoms with Crippen LogP contribution in [0.5, 0.6) is 0 Å². The molecular formula is C46H38N2. The van der Waals surface area contributed by atoms with Crippen LogP contribution in [0.15, 0.2) is 163 Å². The minimum atomic E-state index is 0.0161. The van der Waals surface area contributed by atoms with E-state index in [9.17, 15) is 0 Å². The third kappa shape index (κ3) is 4.40. The average molecular weight is 619 g/mol. The summed E-state index contributed by atoms with van der Waals surface area (Å²) in [5.41, 5.74) is 15.5. The van der Waals surface area contributed by atoms with E-state index in [2.05, 4.69) is 188 Å². The Balaban J connectivity index is 1.19. The van der Waals surface area contributed by atoms with Crippen LogP contribution in [0.4, 0.5) is 17.1 Å². The molecular weight excluding hydrogens is 581 g/mol. The Morgan fingerprint density at radius 2 is 1.29 bits per heavy atom. The smallest absolute Gasteiger partial charge is 0.0561 e. The number of para-hydroxylation sites is 3. The first-order chi connectivity index (χ1) is 23.5. The van der Waals surface area contributed by atoms with Crippen molar-refractivity contribution < 1.29 is 0 Å². The molecule has 0 N–H and O–H groups in total. The number of hydrogen-bond acceptors (Lipinski definition) is 1. The molecule has 0 bridgehead atoms. The lowest BCUT2D eigenvalue weighted by molar-refractivity contribution is 0.643. The third-order valence-electron chi connectivity index (χ3n) is 10.5. The van der Waals surface area contributed by atoms with Gasteiger partial charge in [-0.2, -0.15) is 0 Å². The molecule has 0 radical (unpaired) electrons. The summed E-state index contributed by atoms with van der Waals surface area (Å²) in [6.45, 7) is 7.10. The highest BCUT2D eigenvalue weighted by Gasteiger charge is 2.39. The number of aromatic nitrogens is 1. The molecule has 0 saturated heterocycles. The first kappa shape index (κ1) is 28.6. The summed E-state index contributed by atoms with van der Waals surface area (Å²) in [6.07, 6.45) is 5.87. The van der Waals surface area contributed by atoms with E-state index in [0.29, 0.717) is 5.92 Å². The van der Waals surface area contributed by atoms with Gasteiger partial charge in [-0.3, -0.25) is 0 Å². The van der Waals surface area contributed by atoms with Crippen LogP contribution in [-0.2, 0) is 5.41 Å². The molecule has 2 aliphatic carbocycles. The molecule has 2 aliphatic rings. The molecule has 0 saturated carbocycles. The summed E-state index contributed by atoms with van der Waals surface area (Å²) in [7, 11) is 0. The molecule has 1 aromatic heterocycles. The number of benzene rings is 6. The number of anilines is 3. The molecule has 2 nitrogen and oxygen atoms in total. The van der Waals surface area contributed by atoms with E-state index >= 15 is 0 Å². The molecule has 2 heteroatoms. The van der Waals surface area contributed by atoms with Crippen molar-refractivity contribution in [3.05, 3.63) is 174 Å². The number of fused-ring (bicyclic) bond motifs is 5. The second kappa shape index (κ2) is 11.0. The van der Waals surface area contributed by atoms with Crippen LogP contribution in [-0.4, -0.2) is 4.57 Å². The van der Waals surface area contributed by atoms with E-state index in [1.807, 2.05) is 0 Å². The van der Waals surface area contributed by atoms with Gasteiger partial charge < -0.3 is 9.47 Å². The molecule has 7 aromatic rings. The van der Waals surface area contributed by atoms with Crippen molar-refractivity contribution in [2.45, 2.75) is 32.6 Å². The van der Waals surface area contributed by atoms with E-state index in [4.69, 9.17) is 0 Å². The molecule has 1 heterocycles. The summed E-state index contributed by atoms with van der Waals surface area (Å²) in [4.78, 5) is 2.38. The molecule has 0 spiro atoms. The number of allylic oxidation sites excluding steroid dienone is 4. The SMILES string of the molecule is CC1C=CC2=C(C1)c1c(-c3ccc(N(c4ccccc4)c4ccc5c6ccccc6n(-c6ccccc6)c5c4)cc3)cccc1C2(C)C. The van der Waals surface area contributed by atoms with E-state index in [-0.39, 0.29) is 5.41 Å². The molecule has 232 valence electrons. The quantitative estimate of drug-likeness (QED) is 0.186. The third-order valence-corrected chi connectivity index (χ3v) is 10.5. The van der Waals surface area contributed by atoms with Crippen LogP contribution in [0.2, 0.25) is 0 Å². The maximum absolute atomic E-state index is 2.39. The molecule has 1 atom stereocenters. The maximum Gasteiger partial charge on any atom is 0.0561 e. The van der Waals surface area contributed by atoms with Crippen LogP contribution in [0.3, 0.4) is 0 Å². The Labute approximate surface area is 282 Å². The maximum atomic E-state index is 2.39. The van der Waals surface area contributed by atoms with Gasteiger partial charge >= 0.3 is 0 Å². The fourth-order valence-corrected chi connectivity index (χ4v) is 8.23. The van der Waals surface area contributed by atoms with Gasteiger partial charge in [-0.1, -0.05) is 124 Å². The summed E-state index contributed by atoms with van der Waals surface area (Å²) in [6, 6.07) is 53.1. The Kier molecular flexibility index (Phi) is 6.55. The Morgan fingerprint density at radius 3 is 2.08 bits per heavy atom. The molecule has 0 aliphatic heterocycles. The number of hydrogen-bond donors (Lipinski definition) is 0. The topological polar surface area (TPSA) is 8.17 Å². The standard InChI is InChI=1S/C46H38N2/c1-31-21-28-41-40(29-31)45-37(18-12-19-42(45)46(41,2)3)32-22-24-35(25-23-32)47(33-13-6-4-7-14-33)36-26-27-39-38-17-10-11-20-43(38)48(44(39)30-36)34-15-8-5-9-16-34/h4-28,30-31H,29H2,1-3H3. The first-order valence-electron chi connectivity index (χ1n) is 17.1. The molecule has 48 heavy (non-hydrogen) atoms. The second-order valence-electron chi connectivity index (χ2n) is 13.9. The van der Waals surface area contributed by atoms with Gasteiger partial charge in [0.05, 0.1) is 11.0 Å². The van der Waals surface area contributed by atoms with Crippen molar-refractivity contribution in [2.75, 3.05) is 4.90 Å². The Hall–Kier alpha value is -5.60. The minimum absolute atomic E-state index is 0.0161. The van der Waals surface area contributed by atoms with Crippen LogP contribution in [0, 0.1) is 5.92 Å². The average Bonchev–Trinajstić information content (AvgIpc) is 3.57. The molecule has 6 aromatic carbocycles. The highest BCUT2D eigenvalue weighted by atomic mass is 15.1. The van der Waals surface area contributed by atoms with E-state index < -0.39 is 0 Å². The van der Waals surface area contributed by atoms with Gasteiger partial charge in [0, 0.05) is 38.9 Å². The Morgan fingerprint density at radius 1 is 0.625 bits per heavy atom. The fraction of sp³-hybridized carbons (Fsp3) is 0.130. The lowest BCUT2D eigenvalue weighted by Crippen LogP contribution is -2.17. The molecule has 9 rings (SSSR count). The van der Waals surface area contributed by atoms with Gasteiger partial charge in [0.2, 0.25) is 0 Å². The summed E-state index contributed by atoms with van der Waals surface area (Å²) < 4.78 is 2.39. The predicted octanol–water partition coefficient (Wildman–Crippen LogP) is 12.6. The van der Waals surface area contributed by atoms with Gasteiger partial charge in [0.25, 0.3) is 0 Å². The minimum Gasteiger partial charge on any atom is -0.310 e. The summed E-state index contributed by atoms with van der Waals surface area (Å²) >= 11 is 0. The summed E-state index contributed by atoms with van der Waals surface area (Å²) in [5, 5.41) is 2.51. The lowest BCUT2D eigenvalue weighted by atomic mass is 9.79. The highest BCUT2D eigenvalue weighted by Crippen LogP contribution is 2.53. The zero-order valence-corrected chi connectivity index (χ0v) is 27.7. The van der Waals surface area contributed by atoms with E-state index in [1.54, 1.807) is 0 Å². The largest absolute Gasteiger partial charge is 0.310 e. The monoisotopic (exact) mass is 618 g/mol. The second-order valence-corrected chi connectivity index (χ2v) is 13.9. The van der Waals surface area contributed by atoms with E-state index in [1.165, 1.54) is 55.2 Å². The van der Waals surface area contributed by atoms with Gasteiger partial charge in [0.1, 0.15) is 0 Å². The fourth-order valence-electron chi connectivity index (χ4n) is 8.23. The lowest BCUT2D eigenvalue weighted by Gasteiger charge is -2.26. The van der Waals surface area contributed by atoms with Gasteiger partial charge in [-0.05, 0) is 100 Å². The van der Waals surface area contributed by atoms with Crippen molar-refractivity contribution in [1.29, 1.82) is 0 Å². The molecule has 0 fully saturated rings. The van der Waals surface area contributed by atoms with Crippen LogP contribution in [0.25, 0.3) is 44.2 Å². The normalized spacial score (nSPS) is 16.4. The first-order valence-corrected chi connectivity index (χ1v) is 17.1. The van der Waals surface area contributed by atoms with Crippen molar-refractivity contribution in [3.8, 4) is 16.8 Å². The van der Waals surface area contributed by atoms with Crippen LogP contribution < -0.4 is 4.90 Å². The highest BCUT2D eigenvalue weighted by molar-refractivity contribution is 6.10. The zero-order valence-electron chi connectivity index (χ0n) is 27.7. The van der Waals surface area contributed by atoms with Crippen molar-refractivity contribution >= 4 is 44.4 Å². The molecule has 1 unspecified atom stereocenters. The number of nitrogens with zero attached hydrogens (tertiary/aromatic N) is 2. The van der Waals surface area contributed by atoms with Crippen LogP contribution in [0.1, 0.15) is 38.3 Å². The molecule has 0 amide bonds. The zero-order chi connectivity index (χ0) is 32.4. The van der Waals surface area contributed by atoms with Crippen molar-refractivity contribution in [2.24, 2.45) is 5.92 Å². The van der Waals surface area contributed by atoms with Crippen molar-refractivity contribution in [3.63, 3.8) is 0 Å². The van der Waals surface area contributed by atoms with Gasteiger partial charge in [-0.25, -0.2) is 0 Å². The van der Waals surface area contributed by atoms with Crippen LogP contribution >= 0.6 is 0 Å². The van der Waals surface area contributed by atoms with E-state index in [0.717, 1.165) is 29.2 Å². The van der Waals surface area contributed by atoms with Gasteiger partial charge in [-0.15, -0.1) is 0 Å². The Bertz CT molecular complexity index is 2390.